The maximum Gasteiger partial charge on any atom is 0.327 e. The molecule has 7 N–H and O–H groups in total. The zero-order valence-corrected chi connectivity index (χ0v) is 15.2. The van der Waals surface area contributed by atoms with E-state index in [4.69, 9.17) is 16.6 Å². The van der Waals surface area contributed by atoms with Gasteiger partial charge in [-0.05, 0) is 31.7 Å². The van der Waals surface area contributed by atoms with E-state index in [0.29, 0.717) is 25.8 Å². The van der Waals surface area contributed by atoms with Crippen molar-refractivity contribution in [1.29, 1.82) is 0 Å². The topological polar surface area (TPSA) is 148 Å². The summed E-state index contributed by atoms with van der Waals surface area (Å²) in [4.78, 5) is 35.5. The van der Waals surface area contributed by atoms with E-state index in [-0.39, 0.29) is 11.7 Å². The van der Waals surface area contributed by atoms with Gasteiger partial charge in [0, 0.05) is 5.75 Å². The quantitative estimate of drug-likeness (QED) is 0.203. The summed E-state index contributed by atoms with van der Waals surface area (Å²) in [6.45, 7) is 4.26. The van der Waals surface area contributed by atoms with Gasteiger partial charge in [-0.1, -0.05) is 20.3 Å². The summed E-state index contributed by atoms with van der Waals surface area (Å²) in [5.74, 6) is -2.23. The molecule has 0 heterocycles. The van der Waals surface area contributed by atoms with Crippen LogP contribution in [-0.2, 0) is 14.4 Å². The van der Waals surface area contributed by atoms with E-state index in [9.17, 15) is 14.4 Å². The molecule has 0 aromatic heterocycles. The molecule has 0 aromatic carbocycles. The van der Waals surface area contributed by atoms with Crippen LogP contribution in [0.3, 0.4) is 0 Å². The van der Waals surface area contributed by atoms with Gasteiger partial charge in [0.15, 0.2) is 0 Å². The summed E-state index contributed by atoms with van der Waals surface area (Å²) < 4.78 is 0. The summed E-state index contributed by atoms with van der Waals surface area (Å²) >= 11 is 3.91. The number of amides is 2. The van der Waals surface area contributed by atoms with Crippen molar-refractivity contribution < 1.29 is 19.5 Å². The van der Waals surface area contributed by atoms with Gasteiger partial charge in [0.05, 0.1) is 6.04 Å². The average molecular weight is 362 g/mol. The van der Waals surface area contributed by atoms with Gasteiger partial charge in [-0.25, -0.2) is 4.79 Å². The van der Waals surface area contributed by atoms with Crippen molar-refractivity contribution in [3.05, 3.63) is 0 Å². The molecule has 0 saturated carbocycles. The normalized spacial score (nSPS) is 15.9. The zero-order valence-electron chi connectivity index (χ0n) is 14.3. The Morgan fingerprint density at radius 1 is 1.12 bits per heavy atom. The highest BCUT2D eigenvalue weighted by Gasteiger charge is 2.28. The Labute approximate surface area is 148 Å². The number of thiol groups is 1. The third-order valence-corrected chi connectivity index (χ3v) is 4.30. The number of aliphatic carboxylic acids is 1. The van der Waals surface area contributed by atoms with Crippen molar-refractivity contribution in [2.24, 2.45) is 17.4 Å². The second-order valence-corrected chi connectivity index (χ2v) is 6.20. The third kappa shape index (κ3) is 7.98. The summed E-state index contributed by atoms with van der Waals surface area (Å²) in [6.07, 6.45) is 2.43. The van der Waals surface area contributed by atoms with Crippen LogP contribution >= 0.6 is 12.6 Å². The molecule has 0 aliphatic rings. The molecule has 0 saturated heterocycles. The maximum absolute atomic E-state index is 12.3. The summed E-state index contributed by atoms with van der Waals surface area (Å²) in [5.41, 5.74) is 11.3. The molecular weight excluding hydrogens is 332 g/mol. The van der Waals surface area contributed by atoms with E-state index >= 15 is 0 Å². The molecule has 0 aliphatic carbocycles. The Morgan fingerprint density at radius 2 is 1.71 bits per heavy atom. The van der Waals surface area contributed by atoms with Gasteiger partial charge < -0.3 is 27.2 Å². The standard InChI is InChI=1S/C15H30N4O4S/c1-3-9(2)12(17)14(21)18-10(6-4-5-7-16)13(20)19-11(8-24)15(22)23/h9-12,24H,3-8,16-17H2,1-2H3,(H,18,21)(H,19,20)(H,22,23)/t9-,10-,11-,12-/m0/s1. The molecule has 0 rings (SSSR count). The van der Waals surface area contributed by atoms with Gasteiger partial charge in [0.1, 0.15) is 12.1 Å². The predicted octanol–water partition coefficient (Wildman–Crippen LogP) is -0.527. The minimum atomic E-state index is -1.18. The molecule has 8 nitrogen and oxygen atoms in total. The van der Waals surface area contributed by atoms with Crippen LogP contribution in [0.1, 0.15) is 39.5 Å². The number of unbranched alkanes of at least 4 members (excludes halogenated alkanes) is 1. The minimum Gasteiger partial charge on any atom is -0.480 e. The molecule has 140 valence electrons. The Morgan fingerprint density at radius 3 is 2.17 bits per heavy atom. The summed E-state index contributed by atoms with van der Waals surface area (Å²) in [6, 6.07) is -2.68. The first kappa shape index (κ1) is 22.7. The second-order valence-electron chi connectivity index (χ2n) is 5.84. The predicted molar refractivity (Wildman–Crippen MR) is 95.7 cm³/mol. The van der Waals surface area contributed by atoms with Gasteiger partial charge in [-0.3, -0.25) is 9.59 Å². The lowest BCUT2D eigenvalue weighted by Gasteiger charge is -2.24. The third-order valence-electron chi connectivity index (χ3n) is 3.94. The number of nitrogens with one attached hydrogen (secondary N) is 2. The monoisotopic (exact) mass is 362 g/mol. The van der Waals surface area contributed by atoms with Crippen LogP contribution in [0.4, 0.5) is 0 Å². The van der Waals surface area contributed by atoms with Gasteiger partial charge in [-0.15, -0.1) is 0 Å². The van der Waals surface area contributed by atoms with Crippen LogP contribution in [0.2, 0.25) is 0 Å². The molecule has 0 fully saturated rings. The highest BCUT2D eigenvalue weighted by Crippen LogP contribution is 2.07. The van der Waals surface area contributed by atoms with Crippen molar-refractivity contribution >= 4 is 30.4 Å². The molecule has 0 spiro atoms. The molecule has 24 heavy (non-hydrogen) atoms. The number of carbonyl (C=O) groups excluding carboxylic acids is 2. The number of carboxylic acid groups (broad SMARTS) is 1. The number of hydrogen-bond acceptors (Lipinski definition) is 6. The molecular formula is C15H30N4O4S. The van der Waals surface area contributed by atoms with Crippen LogP contribution in [0.5, 0.6) is 0 Å². The smallest absolute Gasteiger partial charge is 0.327 e. The SMILES string of the molecule is CC[C@H](C)[C@H](N)C(=O)N[C@@H](CCCCN)C(=O)N[C@@H](CS)C(=O)O. The van der Waals surface area contributed by atoms with Crippen molar-refractivity contribution in [1.82, 2.24) is 10.6 Å². The number of rotatable bonds is 12. The van der Waals surface area contributed by atoms with Crippen LogP contribution in [0.25, 0.3) is 0 Å². The number of carboxylic acids is 1. The lowest BCUT2D eigenvalue weighted by molar-refractivity contribution is -0.141. The lowest BCUT2D eigenvalue weighted by Crippen LogP contribution is -2.55. The zero-order chi connectivity index (χ0) is 18.7. The fourth-order valence-corrected chi connectivity index (χ4v) is 2.25. The lowest BCUT2D eigenvalue weighted by atomic mass is 9.98. The Hall–Kier alpha value is -1.32. The van der Waals surface area contributed by atoms with E-state index in [1.54, 1.807) is 0 Å². The average Bonchev–Trinajstić information content (AvgIpc) is 2.56. The largest absolute Gasteiger partial charge is 0.480 e. The van der Waals surface area contributed by atoms with Crippen molar-refractivity contribution in [3.63, 3.8) is 0 Å². The van der Waals surface area contributed by atoms with Gasteiger partial charge in [0.2, 0.25) is 11.8 Å². The number of nitrogens with two attached hydrogens (primary N) is 2. The van der Waals surface area contributed by atoms with Crippen molar-refractivity contribution in [2.45, 2.75) is 57.7 Å². The highest BCUT2D eigenvalue weighted by atomic mass is 32.1. The molecule has 9 heteroatoms. The van der Waals surface area contributed by atoms with Gasteiger partial charge in [-0.2, -0.15) is 12.6 Å². The Balaban J connectivity index is 4.92. The van der Waals surface area contributed by atoms with E-state index in [1.165, 1.54) is 0 Å². The second kappa shape index (κ2) is 12.1. The van der Waals surface area contributed by atoms with Gasteiger partial charge >= 0.3 is 5.97 Å². The number of hydrogen-bond donors (Lipinski definition) is 6. The molecule has 0 radical (unpaired) electrons. The van der Waals surface area contributed by atoms with E-state index in [0.717, 1.165) is 6.42 Å². The van der Waals surface area contributed by atoms with Gasteiger partial charge in [0.25, 0.3) is 0 Å². The highest BCUT2D eigenvalue weighted by molar-refractivity contribution is 7.80. The Kier molecular flexibility index (Phi) is 11.4. The van der Waals surface area contributed by atoms with Crippen molar-refractivity contribution in [3.8, 4) is 0 Å². The van der Waals surface area contributed by atoms with E-state index in [1.807, 2.05) is 13.8 Å². The molecule has 0 aromatic rings. The Bertz CT molecular complexity index is 422. The van der Waals surface area contributed by atoms with E-state index in [2.05, 4.69) is 23.3 Å². The molecule has 2 amide bonds. The summed E-state index contributed by atoms with van der Waals surface area (Å²) in [5, 5.41) is 14.0. The molecule has 0 aliphatic heterocycles. The van der Waals surface area contributed by atoms with Crippen LogP contribution in [-0.4, -0.2) is 53.3 Å². The number of carbonyl (C=O) groups is 3. The minimum absolute atomic E-state index is 0.0260. The van der Waals surface area contributed by atoms with Crippen LogP contribution in [0.15, 0.2) is 0 Å². The van der Waals surface area contributed by atoms with Crippen molar-refractivity contribution in [2.75, 3.05) is 12.3 Å². The first-order valence-corrected chi connectivity index (χ1v) is 8.81. The van der Waals surface area contributed by atoms with Crippen LogP contribution in [0, 0.1) is 5.92 Å². The molecule has 4 atom stereocenters. The summed E-state index contributed by atoms with van der Waals surface area (Å²) in [7, 11) is 0. The fraction of sp³-hybridized carbons (Fsp3) is 0.800. The molecule has 0 bridgehead atoms. The fourth-order valence-electron chi connectivity index (χ4n) is 2.00. The molecule has 0 unspecified atom stereocenters. The first-order chi connectivity index (χ1) is 11.3. The van der Waals surface area contributed by atoms with E-state index < -0.39 is 35.9 Å². The van der Waals surface area contributed by atoms with Crippen LogP contribution < -0.4 is 22.1 Å². The first-order valence-electron chi connectivity index (χ1n) is 8.18. The maximum atomic E-state index is 12.3.